The number of nitro groups is 1. The van der Waals surface area contributed by atoms with Crippen LogP contribution in [0.4, 0.5) is 5.69 Å². The second-order valence-electron chi connectivity index (χ2n) is 3.81. The number of amides is 1. The van der Waals surface area contributed by atoms with E-state index in [9.17, 15) is 19.7 Å². The topological polar surface area (TPSA) is 98.5 Å². The number of nitrogens with zero attached hydrogens (tertiary/aromatic N) is 1. The van der Waals surface area contributed by atoms with Gasteiger partial charge in [-0.3, -0.25) is 14.9 Å². The van der Waals surface area contributed by atoms with Gasteiger partial charge in [0, 0.05) is 17.8 Å². The Kier molecular flexibility index (Phi) is 5.40. The van der Waals surface area contributed by atoms with Crippen LogP contribution in [0.2, 0.25) is 0 Å². The van der Waals surface area contributed by atoms with Crippen molar-refractivity contribution in [3.8, 4) is 0 Å². The van der Waals surface area contributed by atoms with E-state index in [2.05, 4.69) is 10.1 Å². The molecule has 0 saturated heterocycles. The molecular weight excluding hydrogens is 264 g/mol. The molecule has 1 rings (SSSR count). The van der Waals surface area contributed by atoms with Crippen LogP contribution in [0.15, 0.2) is 36.0 Å². The van der Waals surface area contributed by atoms with E-state index in [1.54, 1.807) is 6.92 Å². The van der Waals surface area contributed by atoms with Gasteiger partial charge in [-0.05, 0) is 19.9 Å². The van der Waals surface area contributed by atoms with E-state index in [1.807, 2.05) is 0 Å². The normalized spacial score (nSPS) is 10.8. The Labute approximate surface area is 115 Å². The molecule has 20 heavy (non-hydrogen) atoms. The van der Waals surface area contributed by atoms with Crippen molar-refractivity contribution in [2.45, 2.75) is 13.8 Å². The lowest BCUT2D eigenvalue weighted by atomic mass is 10.1. The third-order valence-corrected chi connectivity index (χ3v) is 2.28. The van der Waals surface area contributed by atoms with Gasteiger partial charge in [0.2, 0.25) is 0 Å². The Morgan fingerprint density at radius 2 is 2.05 bits per heavy atom. The van der Waals surface area contributed by atoms with Gasteiger partial charge in [-0.25, -0.2) is 4.79 Å². The fourth-order valence-corrected chi connectivity index (χ4v) is 1.47. The minimum Gasteiger partial charge on any atom is -0.463 e. The quantitative estimate of drug-likeness (QED) is 0.383. The van der Waals surface area contributed by atoms with Gasteiger partial charge in [0.05, 0.1) is 11.5 Å². The first-order chi connectivity index (χ1) is 9.45. The van der Waals surface area contributed by atoms with Crippen LogP contribution in [-0.4, -0.2) is 23.4 Å². The summed E-state index contributed by atoms with van der Waals surface area (Å²) in [5.74, 6) is -1.25. The lowest BCUT2D eigenvalue weighted by Crippen LogP contribution is -2.23. The zero-order valence-electron chi connectivity index (χ0n) is 11.1. The molecule has 0 unspecified atom stereocenters. The molecule has 0 saturated carbocycles. The maximum absolute atomic E-state index is 11.9. The third kappa shape index (κ3) is 4.20. The molecule has 1 aromatic rings. The molecule has 7 nitrogen and oxygen atoms in total. The molecular formula is C13H14N2O5. The van der Waals surface area contributed by atoms with Gasteiger partial charge in [0.1, 0.15) is 5.56 Å². The van der Waals surface area contributed by atoms with Crippen LogP contribution in [-0.2, 0) is 9.53 Å². The van der Waals surface area contributed by atoms with Gasteiger partial charge in [-0.2, -0.15) is 0 Å². The first kappa shape index (κ1) is 15.4. The number of ether oxygens (including phenoxy) is 1. The van der Waals surface area contributed by atoms with E-state index in [1.165, 1.54) is 31.2 Å². The van der Waals surface area contributed by atoms with Gasteiger partial charge >= 0.3 is 5.97 Å². The Hall–Kier alpha value is -2.70. The number of hydrogen-bond acceptors (Lipinski definition) is 5. The average molecular weight is 278 g/mol. The van der Waals surface area contributed by atoms with E-state index >= 15 is 0 Å². The standard InChI is InChI=1S/C13H14N2O5/c1-3-20-12(16)8-9(2)14-13(17)10-6-4-5-7-11(10)15(18)19/h4-8H,3H2,1-2H3,(H,14,17)/b9-8+. The minimum absolute atomic E-state index is 0.0749. The predicted molar refractivity (Wildman–Crippen MR) is 71.0 cm³/mol. The summed E-state index contributed by atoms with van der Waals surface area (Å²) in [7, 11) is 0. The average Bonchev–Trinajstić information content (AvgIpc) is 2.38. The monoisotopic (exact) mass is 278 g/mol. The second-order valence-corrected chi connectivity index (χ2v) is 3.81. The Morgan fingerprint density at radius 1 is 1.40 bits per heavy atom. The van der Waals surface area contributed by atoms with Crippen LogP contribution in [0.25, 0.3) is 0 Å². The maximum Gasteiger partial charge on any atom is 0.332 e. The van der Waals surface area contributed by atoms with Crippen molar-refractivity contribution in [1.29, 1.82) is 0 Å². The zero-order chi connectivity index (χ0) is 15.1. The molecule has 0 radical (unpaired) electrons. The molecule has 0 heterocycles. The number of para-hydroxylation sites is 1. The first-order valence-corrected chi connectivity index (χ1v) is 5.85. The van der Waals surface area contributed by atoms with Crippen LogP contribution in [0.1, 0.15) is 24.2 Å². The van der Waals surface area contributed by atoms with Gasteiger partial charge in [-0.1, -0.05) is 12.1 Å². The van der Waals surface area contributed by atoms with Crippen LogP contribution >= 0.6 is 0 Å². The number of allylic oxidation sites excluding steroid dienone is 1. The minimum atomic E-state index is -0.657. The summed E-state index contributed by atoms with van der Waals surface area (Å²) < 4.78 is 4.69. The highest BCUT2D eigenvalue weighted by Crippen LogP contribution is 2.17. The van der Waals surface area contributed by atoms with E-state index in [4.69, 9.17) is 0 Å². The van der Waals surface area contributed by atoms with Crippen LogP contribution < -0.4 is 5.32 Å². The number of esters is 1. The second kappa shape index (κ2) is 7.03. The SMILES string of the molecule is CCOC(=O)/C=C(\C)NC(=O)c1ccccc1[N+](=O)[O-]. The molecule has 0 atom stereocenters. The van der Waals surface area contributed by atoms with Gasteiger partial charge in [0.25, 0.3) is 11.6 Å². The van der Waals surface area contributed by atoms with Crippen molar-refractivity contribution in [2.24, 2.45) is 0 Å². The Balaban J connectivity index is 2.87. The fourth-order valence-electron chi connectivity index (χ4n) is 1.47. The lowest BCUT2D eigenvalue weighted by molar-refractivity contribution is -0.385. The van der Waals surface area contributed by atoms with Crippen molar-refractivity contribution < 1.29 is 19.2 Å². The number of hydrogen-bond donors (Lipinski definition) is 1. The molecule has 0 aromatic heterocycles. The van der Waals surface area contributed by atoms with Gasteiger partial charge < -0.3 is 10.1 Å². The lowest BCUT2D eigenvalue weighted by Gasteiger charge is -2.05. The fraction of sp³-hybridized carbons (Fsp3) is 0.231. The number of benzene rings is 1. The van der Waals surface area contributed by atoms with Crippen LogP contribution in [0, 0.1) is 10.1 Å². The van der Waals surface area contributed by atoms with Gasteiger partial charge in [-0.15, -0.1) is 0 Å². The molecule has 0 fully saturated rings. The van der Waals surface area contributed by atoms with E-state index in [0.717, 1.165) is 6.08 Å². The van der Waals surface area contributed by atoms with Crippen LogP contribution in [0.5, 0.6) is 0 Å². The molecule has 0 aliphatic carbocycles. The molecule has 0 spiro atoms. The summed E-state index contributed by atoms with van der Waals surface area (Å²) >= 11 is 0. The number of rotatable bonds is 5. The Morgan fingerprint density at radius 3 is 2.65 bits per heavy atom. The maximum atomic E-state index is 11.9. The summed E-state index contributed by atoms with van der Waals surface area (Å²) in [6, 6.07) is 5.56. The third-order valence-electron chi connectivity index (χ3n) is 2.28. The summed E-state index contributed by atoms with van der Waals surface area (Å²) in [5.41, 5.74) is -0.130. The molecule has 0 aliphatic rings. The molecule has 0 aliphatic heterocycles. The molecule has 0 bridgehead atoms. The van der Waals surface area contributed by atoms with Crippen LogP contribution in [0.3, 0.4) is 0 Å². The van der Waals surface area contributed by atoms with Crippen molar-refractivity contribution in [3.05, 3.63) is 51.7 Å². The highest BCUT2D eigenvalue weighted by molar-refractivity contribution is 5.99. The number of carbonyl (C=O) groups excluding carboxylic acids is 2. The summed E-state index contributed by atoms with van der Waals surface area (Å²) in [4.78, 5) is 33.3. The highest BCUT2D eigenvalue weighted by atomic mass is 16.6. The molecule has 7 heteroatoms. The molecule has 1 aromatic carbocycles. The summed E-state index contributed by atoms with van der Waals surface area (Å²) in [6.45, 7) is 3.37. The summed E-state index contributed by atoms with van der Waals surface area (Å²) in [5, 5.41) is 13.2. The number of nitro benzene ring substituents is 1. The first-order valence-electron chi connectivity index (χ1n) is 5.85. The van der Waals surface area contributed by atoms with Crippen molar-refractivity contribution >= 4 is 17.6 Å². The van der Waals surface area contributed by atoms with Crippen molar-refractivity contribution in [3.63, 3.8) is 0 Å². The summed E-state index contributed by atoms with van der Waals surface area (Å²) in [6.07, 6.45) is 1.11. The Bertz CT molecular complexity index is 566. The van der Waals surface area contributed by atoms with E-state index in [-0.39, 0.29) is 23.6 Å². The number of carbonyl (C=O) groups is 2. The largest absolute Gasteiger partial charge is 0.463 e. The molecule has 106 valence electrons. The zero-order valence-corrected chi connectivity index (χ0v) is 11.1. The highest BCUT2D eigenvalue weighted by Gasteiger charge is 2.19. The van der Waals surface area contributed by atoms with E-state index < -0.39 is 16.8 Å². The van der Waals surface area contributed by atoms with Gasteiger partial charge in [0.15, 0.2) is 0 Å². The van der Waals surface area contributed by atoms with Crippen molar-refractivity contribution in [1.82, 2.24) is 5.32 Å². The molecule has 1 N–H and O–H groups in total. The van der Waals surface area contributed by atoms with Crippen molar-refractivity contribution in [2.75, 3.05) is 6.61 Å². The number of nitrogens with one attached hydrogen (secondary N) is 1. The van der Waals surface area contributed by atoms with E-state index in [0.29, 0.717) is 0 Å². The smallest absolute Gasteiger partial charge is 0.332 e. The molecule has 1 amide bonds. The predicted octanol–water partition coefficient (Wildman–Crippen LogP) is 1.79.